The first-order chi connectivity index (χ1) is 10.3. The second-order valence-corrected chi connectivity index (χ2v) is 5.39. The molecule has 0 radical (unpaired) electrons. The van der Waals surface area contributed by atoms with Gasteiger partial charge in [0.05, 0.1) is 11.2 Å². The third kappa shape index (κ3) is 2.32. The summed E-state index contributed by atoms with van der Waals surface area (Å²) in [5, 5.41) is 1.21. The highest BCUT2D eigenvalue weighted by atomic mass is 32.1. The molecule has 0 aliphatic heterocycles. The molecular weight excluding hydrogens is 274 g/mol. The van der Waals surface area contributed by atoms with Gasteiger partial charge in [-0.1, -0.05) is 43.0 Å². The summed E-state index contributed by atoms with van der Waals surface area (Å²) in [6, 6.07) is 16.6. The Labute approximate surface area is 130 Å². The minimum atomic E-state index is 0.958. The number of para-hydroxylation sites is 1. The smallest absolute Gasteiger partial charge is 0.0552 e. The van der Waals surface area contributed by atoms with Crippen LogP contribution in [-0.4, -0.2) is 4.57 Å². The van der Waals surface area contributed by atoms with Crippen LogP contribution < -0.4 is 0 Å². The predicted octanol–water partition coefficient (Wildman–Crippen LogP) is 5.60. The maximum Gasteiger partial charge on any atom is 0.0552 e. The molecule has 0 amide bonds. The van der Waals surface area contributed by atoms with E-state index in [1.807, 2.05) is 37.3 Å². The number of hydrogen-bond donors (Lipinski definition) is 1. The summed E-state index contributed by atoms with van der Waals surface area (Å²) >= 11 is 4.49. The third-order valence-corrected chi connectivity index (χ3v) is 3.85. The predicted molar refractivity (Wildman–Crippen MR) is 95.3 cm³/mol. The van der Waals surface area contributed by atoms with Crippen LogP contribution in [0.25, 0.3) is 28.7 Å². The van der Waals surface area contributed by atoms with Crippen LogP contribution in [0.5, 0.6) is 0 Å². The van der Waals surface area contributed by atoms with Gasteiger partial charge in [0.1, 0.15) is 0 Å². The molecule has 1 aromatic heterocycles. The van der Waals surface area contributed by atoms with Gasteiger partial charge in [0, 0.05) is 21.5 Å². The summed E-state index contributed by atoms with van der Waals surface area (Å²) in [5.74, 6) is 0. The Bertz CT molecular complexity index is 826. The van der Waals surface area contributed by atoms with Gasteiger partial charge in [0.2, 0.25) is 0 Å². The number of thiol groups is 1. The molecular formula is C19H17NS. The van der Waals surface area contributed by atoms with Crippen LogP contribution in [0.4, 0.5) is 0 Å². The normalized spacial score (nSPS) is 11.3. The van der Waals surface area contributed by atoms with E-state index < -0.39 is 0 Å². The van der Waals surface area contributed by atoms with E-state index in [1.54, 1.807) is 0 Å². The van der Waals surface area contributed by atoms with Crippen molar-refractivity contribution >= 4 is 35.7 Å². The molecule has 0 fully saturated rings. The van der Waals surface area contributed by atoms with E-state index in [0.29, 0.717) is 0 Å². The fraction of sp³-hybridized carbons (Fsp3) is 0.0526. The summed E-state index contributed by atoms with van der Waals surface area (Å²) in [5.41, 5.74) is 4.58. The second-order valence-electron chi connectivity index (χ2n) is 4.88. The third-order valence-electron chi connectivity index (χ3n) is 3.57. The Balaban J connectivity index is 2.47. The Morgan fingerprint density at radius 2 is 1.86 bits per heavy atom. The van der Waals surface area contributed by atoms with Crippen molar-refractivity contribution in [1.29, 1.82) is 0 Å². The molecule has 0 saturated heterocycles. The van der Waals surface area contributed by atoms with Crippen molar-refractivity contribution in [2.75, 3.05) is 0 Å². The number of aromatic nitrogens is 1. The van der Waals surface area contributed by atoms with Crippen molar-refractivity contribution in [1.82, 2.24) is 4.57 Å². The van der Waals surface area contributed by atoms with Crippen LogP contribution in [0.3, 0.4) is 0 Å². The number of hydrogen-bond acceptors (Lipinski definition) is 1. The lowest BCUT2D eigenvalue weighted by molar-refractivity contribution is 1.10. The van der Waals surface area contributed by atoms with Gasteiger partial charge in [0.25, 0.3) is 0 Å². The average Bonchev–Trinajstić information content (AvgIpc) is 2.81. The molecule has 0 aliphatic rings. The molecule has 21 heavy (non-hydrogen) atoms. The molecule has 3 rings (SSSR count). The molecule has 0 atom stereocenters. The number of fused-ring (bicyclic) bond motifs is 1. The van der Waals surface area contributed by atoms with Crippen molar-refractivity contribution in [2.45, 2.75) is 11.8 Å². The molecule has 1 nitrogen and oxygen atoms in total. The van der Waals surface area contributed by atoms with Crippen LogP contribution in [0.2, 0.25) is 0 Å². The summed E-state index contributed by atoms with van der Waals surface area (Å²) in [6.45, 7) is 6.04. The van der Waals surface area contributed by atoms with Gasteiger partial charge < -0.3 is 4.57 Å². The van der Waals surface area contributed by atoms with E-state index in [-0.39, 0.29) is 0 Å². The fourth-order valence-corrected chi connectivity index (χ4v) is 2.92. The molecule has 1 heterocycles. The molecule has 0 aliphatic carbocycles. The van der Waals surface area contributed by atoms with Crippen molar-refractivity contribution in [2.24, 2.45) is 0 Å². The Kier molecular flexibility index (Phi) is 3.72. The second kappa shape index (κ2) is 5.66. The fourth-order valence-electron chi connectivity index (χ4n) is 2.72. The summed E-state index contributed by atoms with van der Waals surface area (Å²) in [6.07, 6.45) is 6.11. The Hall–Kier alpha value is -2.19. The van der Waals surface area contributed by atoms with Crippen LogP contribution in [0.1, 0.15) is 18.2 Å². The minimum absolute atomic E-state index is 0.958. The standard InChI is InChI=1S/C19H17NS/c1-3-8-16-17-12-11-15(21)13-19(17)20(18(16)4-2)14-9-6-5-7-10-14/h3-13,21H,2H2,1H3/b8-3-. The topological polar surface area (TPSA) is 4.93 Å². The van der Waals surface area contributed by atoms with E-state index in [2.05, 4.69) is 60.2 Å². The summed E-state index contributed by atoms with van der Waals surface area (Å²) < 4.78 is 2.23. The van der Waals surface area contributed by atoms with Crippen LogP contribution in [0.15, 0.2) is 66.1 Å². The number of rotatable bonds is 3. The maximum absolute atomic E-state index is 4.49. The van der Waals surface area contributed by atoms with Gasteiger partial charge in [-0.3, -0.25) is 0 Å². The van der Waals surface area contributed by atoms with Gasteiger partial charge in [-0.25, -0.2) is 0 Å². The lowest BCUT2D eigenvalue weighted by atomic mass is 10.1. The lowest BCUT2D eigenvalue weighted by Gasteiger charge is -2.09. The largest absolute Gasteiger partial charge is 0.309 e. The highest BCUT2D eigenvalue weighted by molar-refractivity contribution is 7.80. The van der Waals surface area contributed by atoms with Crippen molar-refractivity contribution < 1.29 is 0 Å². The molecule has 3 aromatic rings. The number of benzene rings is 2. The van der Waals surface area contributed by atoms with Gasteiger partial charge in [-0.2, -0.15) is 0 Å². The van der Waals surface area contributed by atoms with Crippen LogP contribution in [-0.2, 0) is 0 Å². The molecule has 0 spiro atoms. The van der Waals surface area contributed by atoms with E-state index in [4.69, 9.17) is 0 Å². The molecule has 0 bridgehead atoms. The van der Waals surface area contributed by atoms with Crippen molar-refractivity contribution in [3.63, 3.8) is 0 Å². The van der Waals surface area contributed by atoms with Crippen molar-refractivity contribution in [3.05, 3.63) is 72.4 Å². The summed E-state index contributed by atoms with van der Waals surface area (Å²) in [4.78, 5) is 0.958. The summed E-state index contributed by atoms with van der Waals surface area (Å²) in [7, 11) is 0. The quantitative estimate of drug-likeness (QED) is 0.600. The molecule has 2 heteroatoms. The zero-order valence-electron chi connectivity index (χ0n) is 12.0. The van der Waals surface area contributed by atoms with E-state index in [1.165, 1.54) is 10.9 Å². The van der Waals surface area contributed by atoms with E-state index in [0.717, 1.165) is 21.8 Å². The Morgan fingerprint density at radius 3 is 2.52 bits per heavy atom. The molecule has 2 aromatic carbocycles. The molecule has 0 saturated carbocycles. The van der Waals surface area contributed by atoms with E-state index >= 15 is 0 Å². The minimum Gasteiger partial charge on any atom is -0.309 e. The Morgan fingerprint density at radius 1 is 1.10 bits per heavy atom. The van der Waals surface area contributed by atoms with Crippen molar-refractivity contribution in [3.8, 4) is 5.69 Å². The molecule has 0 N–H and O–H groups in total. The van der Waals surface area contributed by atoms with Gasteiger partial charge in [-0.15, -0.1) is 12.6 Å². The first-order valence-corrected chi connectivity index (χ1v) is 7.39. The van der Waals surface area contributed by atoms with Crippen LogP contribution >= 0.6 is 12.6 Å². The first-order valence-electron chi connectivity index (χ1n) is 6.94. The van der Waals surface area contributed by atoms with Crippen LogP contribution in [0, 0.1) is 0 Å². The lowest BCUT2D eigenvalue weighted by Crippen LogP contribution is -1.96. The van der Waals surface area contributed by atoms with E-state index in [9.17, 15) is 0 Å². The number of allylic oxidation sites excluding steroid dienone is 1. The monoisotopic (exact) mass is 291 g/mol. The highest BCUT2D eigenvalue weighted by Gasteiger charge is 2.14. The SMILES string of the molecule is C=Cc1c(/C=C\C)c2ccc(S)cc2n1-c1ccccc1. The van der Waals surface area contributed by atoms with Gasteiger partial charge in [-0.05, 0) is 37.3 Å². The van der Waals surface area contributed by atoms with Gasteiger partial charge in [0.15, 0.2) is 0 Å². The zero-order valence-corrected chi connectivity index (χ0v) is 12.8. The number of nitrogens with zero attached hydrogens (tertiary/aromatic N) is 1. The zero-order chi connectivity index (χ0) is 14.8. The molecule has 104 valence electrons. The maximum atomic E-state index is 4.49. The highest BCUT2D eigenvalue weighted by Crippen LogP contribution is 2.32. The molecule has 0 unspecified atom stereocenters. The average molecular weight is 291 g/mol. The van der Waals surface area contributed by atoms with Gasteiger partial charge >= 0.3 is 0 Å². The first kappa shape index (κ1) is 13.8.